The average molecular weight is 378 g/mol. The molecule has 0 spiro atoms. The van der Waals surface area contributed by atoms with Gasteiger partial charge in [0.1, 0.15) is 5.82 Å². The van der Waals surface area contributed by atoms with Gasteiger partial charge in [0.05, 0.1) is 11.8 Å². The number of aliphatic hydroxyl groups is 1. The normalized spacial score (nSPS) is 15.3. The fraction of sp³-hybridized carbons (Fsp3) is 0.318. The van der Waals surface area contributed by atoms with Crippen LogP contribution in [0.15, 0.2) is 55.0 Å². The predicted molar refractivity (Wildman–Crippen MR) is 106 cm³/mol. The minimum absolute atomic E-state index is 0.217. The lowest BCUT2D eigenvalue weighted by molar-refractivity contribution is 0.142. The van der Waals surface area contributed by atoms with E-state index in [1.807, 2.05) is 12.1 Å². The standard InChI is InChI=1S/C22H23FN4O/c1-15(16-2-4-17(23)5-3-16)8-18-10-21(27-13-22(28)14-27)11-19(26-18)9-20-12-24-6-7-25-20/h2-7,10-12,15,22,28H,8-9,13-14H2,1H3/t15-/m1/s1. The van der Waals surface area contributed by atoms with Crippen LogP contribution in [0.1, 0.15) is 35.5 Å². The number of β-amino-alcohol motifs (C(OH)–C–C–N with tert-alkyl or cyclic N) is 1. The lowest BCUT2D eigenvalue weighted by atomic mass is 9.95. The van der Waals surface area contributed by atoms with Gasteiger partial charge in [0.15, 0.2) is 0 Å². The van der Waals surface area contributed by atoms with Gasteiger partial charge in [-0.25, -0.2) is 4.39 Å². The number of benzene rings is 1. The van der Waals surface area contributed by atoms with Crippen molar-refractivity contribution in [2.24, 2.45) is 0 Å². The Hall–Kier alpha value is -2.86. The van der Waals surface area contributed by atoms with Gasteiger partial charge in [-0.05, 0) is 42.2 Å². The summed E-state index contributed by atoms with van der Waals surface area (Å²) >= 11 is 0. The number of rotatable bonds is 6. The summed E-state index contributed by atoms with van der Waals surface area (Å²) in [5.74, 6) is -0.00614. The monoisotopic (exact) mass is 378 g/mol. The van der Waals surface area contributed by atoms with Crippen LogP contribution in [0.25, 0.3) is 0 Å². The molecular formula is C22H23FN4O. The SMILES string of the molecule is C[C@H](Cc1cc(N2CC(O)C2)cc(Cc2cnccn2)n1)c1ccc(F)cc1. The fourth-order valence-electron chi connectivity index (χ4n) is 3.51. The Kier molecular flexibility index (Phi) is 5.30. The van der Waals surface area contributed by atoms with E-state index in [9.17, 15) is 9.50 Å². The van der Waals surface area contributed by atoms with Crippen LogP contribution >= 0.6 is 0 Å². The molecule has 0 unspecified atom stereocenters. The number of nitrogens with zero attached hydrogens (tertiary/aromatic N) is 4. The minimum atomic E-state index is -0.266. The van der Waals surface area contributed by atoms with Gasteiger partial charge in [-0.1, -0.05) is 19.1 Å². The molecule has 2 aromatic heterocycles. The third-order valence-corrected chi connectivity index (χ3v) is 5.08. The van der Waals surface area contributed by atoms with Gasteiger partial charge in [0.25, 0.3) is 0 Å². The number of aromatic nitrogens is 3. The molecule has 5 nitrogen and oxygen atoms in total. The molecule has 1 N–H and O–H groups in total. The fourth-order valence-corrected chi connectivity index (χ4v) is 3.51. The van der Waals surface area contributed by atoms with Crippen molar-refractivity contribution in [3.8, 4) is 0 Å². The van der Waals surface area contributed by atoms with E-state index in [1.54, 1.807) is 18.6 Å². The summed E-state index contributed by atoms with van der Waals surface area (Å²) < 4.78 is 13.2. The van der Waals surface area contributed by atoms with Crippen molar-refractivity contribution in [3.05, 3.63) is 83.5 Å². The van der Waals surface area contributed by atoms with Crippen molar-refractivity contribution in [1.29, 1.82) is 0 Å². The van der Waals surface area contributed by atoms with Crippen LogP contribution in [0.3, 0.4) is 0 Å². The minimum Gasteiger partial charge on any atom is -0.389 e. The molecule has 1 saturated heterocycles. The number of aliphatic hydroxyl groups excluding tert-OH is 1. The van der Waals surface area contributed by atoms with Crippen molar-refractivity contribution < 1.29 is 9.50 Å². The van der Waals surface area contributed by atoms with E-state index in [1.165, 1.54) is 12.1 Å². The number of halogens is 1. The molecule has 4 rings (SSSR count). The maximum atomic E-state index is 13.2. The summed E-state index contributed by atoms with van der Waals surface area (Å²) in [6.07, 6.45) is 6.19. The molecule has 0 aliphatic carbocycles. The maximum Gasteiger partial charge on any atom is 0.123 e. The predicted octanol–water partition coefficient (Wildman–Crippen LogP) is 3.13. The van der Waals surface area contributed by atoms with Gasteiger partial charge in [-0.2, -0.15) is 0 Å². The van der Waals surface area contributed by atoms with Crippen LogP contribution in [0.2, 0.25) is 0 Å². The highest BCUT2D eigenvalue weighted by Crippen LogP contribution is 2.26. The highest BCUT2D eigenvalue weighted by molar-refractivity contribution is 5.51. The lowest BCUT2D eigenvalue weighted by Crippen LogP contribution is -2.50. The molecule has 3 aromatic rings. The van der Waals surface area contributed by atoms with Crippen molar-refractivity contribution in [3.63, 3.8) is 0 Å². The molecule has 6 heteroatoms. The summed E-state index contributed by atoms with van der Waals surface area (Å²) in [5.41, 5.74) is 4.94. The molecular weight excluding hydrogens is 355 g/mol. The van der Waals surface area contributed by atoms with E-state index in [-0.39, 0.29) is 17.8 Å². The quantitative estimate of drug-likeness (QED) is 0.714. The molecule has 1 aliphatic heterocycles. The van der Waals surface area contributed by atoms with E-state index in [4.69, 9.17) is 4.98 Å². The van der Waals surface area contributed by atoms with Gasteiger partial charge < -0.3 is 10.0 Å². The third kappa shape index (κ3) is 4.34. The lowest BCUT2D eigenvalue weighted by Gasteiger charge is -2.38. The number of anilines is 1. The molecule has 0 radical (unpaired) electrons. The van der Waals surface area contributed by atoms with Gasteiger partial charge >= 0.3 is 0 Å². The summed E-state index contributed by atoms with van der Waals surface area (Å²) in [4.78, 5) is 15.5. The Labute approximate surface area is 163 Å². The van der Waals surface area contributed by atoms with E-state index >= 15 is 0 Å². The zero-order valence-corrected chi connectivity index (χ0v) is 15.8. The largest absolute Gasteiger partial charge is 0.389 e. The van der Waals surface area contributed by atoms with Gasteiger partial charge in [0.2, 0.25) is 0 Å². The summed E-state index contributed by atoms with van der Waals surface area (Å²) in [6, 6.07) is 10.8. The van der Waals surface area contributed by atoms with Crippen LogP contribution in [0, 0.1) is 5.82 Å². The number of pyridine rings is 1. The van der Waals surface area contributed by atoms with Crippen LogP contribution in [0.4, 0.5) is 10.1 Å². The molecule has 0 amide bonds. The second-order valence-electron chi connectivity index (χ2n) is 7.40. The summed E-state index contributed by atoms with van der Waals surface area (Å²) in [5, 5.41) is 9.66. The first-order valence-electron chi connectivity index (χ1n) is 9.50. The molecule has 1 aliphatic rings. The molecule has 1 atom stereocenters. The maximum absolute atomic E-state index is 13.2. The Morgan fingerprint density at radius 3 is 2.54 bits per heavy atom. The van der Waals surface area contributed by atoms with Crippen molar-refractivity contribution >= 4 is 5.69 Å². The Balaban J connectivity index is 1.58. The van der Waals surface area contributed by atoms with Gasteiger partial charge in [-0.15, -0.1) is 0 Å². The Morgan fingerprint density at radius 2 is 1.86 bits per heavy atom. The first-order chi connectivity index (χ1) is 13.6. The second-order valence-corrected chi connectivity index (χ2v) is 7.40. The van der Waals surface area contributed by atoms with Crippen LogP contribution in [0.5, 0.6) is 0 Å². The third-order valence-electron chi connectivity index (χ3n) is 5.08. The summed E-state index contributed by atoms with van der Waals surface area (Å²) in [6.45, 7) is 3.40. The van der Waals surface area contributed by atoms with Crippen molar-refractivity contribution in [2.75, 3.05) is 18.0 Å². The molecule has 3 heterocycles. The van der Waals surface area contributed by atoms with Gasteiger partial charge in [-0.3, -0.25) is 15.0 Å². The van der Waals surface area contributed by atoms with E-state index in [0.29, 0.717) is 19.5 Å². The van der Waals surface area contributed by atoms with Crippen molar-refractivity contribution in [2.45, 2.75) is 31.8 Å². The molecule has 144 valence electrons. The smallest absolute Gasteiger partial charge is 0.123 e. The number of hydrogen-bond acceptors (Lipinski definition) is 5. The van der Waals surface area contributed by atoms with E-state index in [2.05, 4.69) is 33.9 Å². The molecule has 1 aromatic carbocycles. The Bertz CT molecular complexity index is 927. The molecule has 28 heavy (non-hydrogen) atoms. The molecule has 0 saturated carbocycles. The van der Waals surface area contributed by atoms with Crippen LogP contribution < -0.4 is 4.90 Å². The molecule has 1 fully saturated rings. The van der Waals surface area contributed by atoms with Crippen LogP contribution in [-0.2, 0) is 12.8 Å². The highest BCUT2D eigenvalue weighted by atomic mass is 19.1. The zero-order valence-electron chi connectivity index (χ0n) is 15.8. The molecule has 0 bridgehead atoms. The van der Waals surface area contributed by atoms with Crippen LogP contribution in [-0.4, -0.2) is 39.3 Å². The first-order valence-corrected chi connectivity index (χ1v) is 9.50. The number of hydrogen-bond donors (Lipinski definition) is 1. The van der Waals surface area contributed by atoms with Crippen molar-refractivity contribution in [1.82, 2.24) is 15.0 Å². The zero-order chi connectivity index (χ0) is 19.5. The topological polar surface area (TPSA) is 62.1 Å². The summed E-state index contributed by atoms with van der Waals surface area (Å²) in [7, 11) is 0. The first kappa shape index (κ1) is 18.5. The average Bonchev–Trinajstić information content (AvgIpc) is 2.66. The highest BCUT2D eigenvalue weighted by Gasteiger charge is 2.25. The van der Waals surface area contributed by atoms with Gasteiger partial charge in [0, 0.05) is 55.2 Å². The van der Waals surface area contributed by atoms with E-state index < -0.39 is 0 Å². The Morgan fingerprint density at radius 1 is 1.11 bits per heavy atom. The second kappa shape index (κ2) is 8.02. The van der Waals surface area contributed by atoms with E-state index in [0.717, 1.165) is 34.8 Å².